The van der Waals surface area contributed by atoms with Crippen molar-refractivity contribution in [3.05, 3.63) is 0 Å². The highest BCUT2D eigenvalue weighted by Crippen LogP contribution is 2.29. The fourth-order valence-electron chi connectivity index (χ4n) is 2.03. The zero-order chi connectivity index (χ0) is 12.9. The first-order valence-electron chi connectivity index (χ1n) is 6.25. The molecule has 1 rings (SSSR count). The number of hydrogen-bond acceptors (Lipinski definition) is 4. The van der Waals surface area contributed by atoms with Crippen molar-refractivity contribution in [1.29, 1.82) is 0 Å². The molecule has 17 heavy (non-hydrogen) atoms. The minimum atomic E-state index is -0.513. The summed E-state index contributed by atoms with van der Waals surface area (Å²) in [7, 11) is 0. The maximum Gasteiger partial charge on any atom is 0.227 e. The molecule has 1 saturated heterocycles. The number of carbonyl (C=O) groups excluding carboxylic acids is 1. The Morgan fingerprint density at radius 2 is 2.06 bits per heavy atom. The van der Waals surface area contributed by atoms with E-state index in [-0.39, 0.29) is 24.5 Å². The quantitative estimate of drug-likeness (QED) is 0.629. The smallest absolute Gasteiger partial charge is 0.227 e. The Morgan fingerprint density at radius 1 is 1.47 bits per heavy atom. The van der Waals surface area contributed by atoms with Gasteiger partial charge in [0.25, 0.3) is 0 Å². The lowest BCUT2D eigenvalue weighted by molar-refractivity contribution is -0.137. The normalized spacial score (nSPS) is 21.2. The van der Waals surface area contributed by atoms with Crippen LogP contribution >= 0.6 is 0 Å². The van der Waals surface area contributed by atoms with Crippen LogP contribution in [0.3, 0.4) is 0 Å². The van der Waals surface area contributed by atoms with Gasteiger partial charge in [-0.3, -0.25) is 4.79 Å². The number of hydrogen-bond donors (Lipinski definition) is 3. The molecular formula is C12H24N2O3. The zero-order valence-corrected chi connectivity index (χ0v) is 10.7. The molecule has 5 nitrogen and oxygen atoms in total. The lowest BCUT2D eigenvalue weighted by Gasteiger charge is -2.36. The number of nitrogens with one attached hydrogen (secondary N) is 1. The summed E-state index contributed by atoms with van der Waals surface area (Å²) in [4.78, 5) is 12.3. The summed E-state index contributed by atoms with van der Waals surface area (Å²) >= 11 is 0. The summed E-state index contributed by atoms with van der Waals surface area (Å²) in [6.45, 7) is 5.39. The molecule has 1 aliphatic rings. The molecule has 1 amide bonds. The van der Waals surface area contributed by atoms with Gasteiger partial charge in [0.1, 0.15) is 0 Å². The van der Waals surface area contributed by atoms with E-state index in [0.29, 0.717) is 32.6 Å². The van der Waals surface area contributed by atoms with E-state index in [1.54, 1.807) is 0 Å². The van der Waals surface area contributed by atoms with Crippen LogP contribution in [0.25, 0.3) is 0 Å². The van der Waals surface area contributed by atoms with E-state index in [4.69, 9.17) is 10.5 Å². The highest BCUT2D eigenvalue weighted by atomic mass is 16.5. The van der Waals surface area contributed by atoms with E-state index in [2.05, 4.69) is 5.32 Å². The van der Waals surface area contributed by atoms with Crippen molar-refractivity contribution >= 4 is 5.91 Å². The predicted molar refractivity (Wildman–Crippen MR) is 65.4 cm³/mol. The van der Waals surface area contributed by atoms with Gasteiger partial charge in [0, 0.05) is 19.8 Å². The standard InChI is InChI=1S/C12H24N2O3/c1-9(2)10(7-15)14-11(16)12(8-13)3-5-17-6-4-12/h9-10,15H,3-8,13H2,1-2H3,(H,14,16). The molecule has 0 spiro atoms. The lowest BCUT2D eigenvalue weighted by atomic mass is 9.79. The summed E-state index contributed by atoms with van der Waals surface area (Å²) in [5.41, 5.74) is 5.24. The van der Waals surface area contributed by atoms with E-state index < -0.39 is 5.41 Å². The summed E-state index contributed by atoms with van der Waals surface area (Å²) in [6, 6.07) is -0.200. The van der Waals surface area contributed by atoms with Crippen molar-refractivity contribution in [1.82, 2.24) is 5.32 Å². The maximum absolute atomic E-state index is 12.3. The van der Waals surface area contributed by atoms with Crippen LogP contribution in [0.1, 0.15) is 26.7 Å². The molecule has 0 aromatic heterocycles. The number of carbonyl (C=O) groups is 1. The van der Waals surface area contributed by atoms with Crippen LogP contribution in [0.15, 0.2) is 0 Å². The van der Waals surface area contributed by atoms with Gasteiger partial charge in [-0.15, -0.1) is 0 Å². The van der Waals surface area contributed by atoms with Crippen molar-refractivity contribution in [2.75, 3.05) is 26.4 Å². The molecule has 1 unspecified atom stereocenters. The molecule has 5 heteroatoms. The summed E-state index contributed by atoms with van der Waals surface area (Å²) in [5.74, 6) is 0.162. The zero-order valence-electron chi connectivity index (χ0n) is 10.7. The van der Waals surface area contributed by atoms with Crippen LogP contribution in [-0.4, -0.2) is 43.4 Å². The van der Waals surface area contributed by atoms with Gasteiger partial charge < -0.3 is 20.9 Å². The van der Waals surface area contributed by atoms with Gasteiger partial charge in [-0.25, -0.2) is 0 Å². The average molecular weight is 244 g/mol. The van der Waals surface area contributed by atoms with Crippen molar-refractivity contribution in [2.45, 2.75) is 32.7 Å². The van der Waals surface area contributed by atoms with E-state index in [1.165, 1.54) is 0 Å². The monoisotopic (exact) mass is 244 g/mol. The molecule has 0 aromatic carbocycles. The molecule has 1 heterocycles. The summed E-state index contributed by atoms with van der Waals surface area (Å²) in [6.07, 6.45) is 1.32. The Kier molecular flexibility index (Phi) is 5.36. The highest BCUT2D eigenvalue weighted by Gasteiger charge is 2.39. The van der Waals surface area contributed by atoms with Crippen LogP contribution in [0, 0.1) is 11.3 Å². The van der Waals surface area contributed by atoms with E-state index >= 15 is 0 Å². The second kappa shape index (κ2) is 6.33. The summed E-state index contributed by atoms with van der Waals surface area (Å²) in [5, 5.41) is 12.1. The Hall–Kier alpha value is -0.650. The largest absolute Gasteiger partial charge is 0.394 e. The van der Waals surface area contributed by atoms with Gasteiger partial charge in [-0.2, -0.15) is 0 Å². The SMILES string of the molecule is CC(C)C(CO)NC(=O)C1(CN)CCOCC1. The van der Waals surface area contributed by atoms with Crippen LogP contribution in [-0.2, 0) is 9.53 Å². The topological polar surface area (TPSA) is 84.6 Å². The van der Waals surface area contributed by atoms with Crippen molar-refractivity contribution < 1.29 is 14.6 Å². The first-order chi connectivity index (χ1) is 8.05. The minimum Gasteiger partial charge on any atom is -0.394 e. The molecule has 4 N–H and O–H groups in total. The number of aliphatic hydroxyl groups excluding tert-OH is 1. The van der Waals surface area contributed by atoms with Crippen molar-refractivity contribution in [3.63, 3.8) is 0 Å². The first-order valence-corrected chi connectivity index (χ1v) is 6.25. The molecule has 0 aromatic rings. The first kappa shape index (κ1) is 14.4. The molecule has 0 bridgehead atoms. The molecule has 1 fully saturated rings. The third-order valence-corrected chi connectivity index (χ3v) is 3.64. The maximum atomic E-state index is 12.3. The number of nitrogens with two attached hydrogens (primary N) is 1. The Balaban J connectivity index is 2.65. The minimum absolute atomic E-state index is 0.0411. The predicted octanol–water partition coefficient (Wildman–Crippen LogP) is -0.125. The molecule has 1 aliphatic heterocycles. The van der Waals surface area contributed by atoms with Gasteiger partial charge >= 0.3 is 0 Å². The molecule has 100 valence electrons. The van der Waals surface area contributed by atoms with Crippen LogP contribution < -0.4 is 11.1 Å². The number of amides is 1. The van der Waals surface area contributed by atoms with Gasteiger partial charge in [0.2, 0.25) is 5.91 Å². The van der Waals surface area contributed by atoms with Crippen molar-refractivity contribution in [2.24, 2.45) is 17.1 Å². The number of rotatable bonds is 5. The van der Waals surface area contributed by atoms with Crippen LogP contribution in [0.2, 0.25) is 0 Å². The number of aliphatic hydroxyl groups is 1. The Morgan fingerprint density at radius 3 is 2.47 bits per heavy atom. The highest BCUT2D eigenvalue weighted by molar-refractivity contribution is 5.83. The lowest BCUT2D eigenvalue weighted by Crippen LogP contribution is -2.53. The van der Waals surface area contributed by atoms with Crippen molar-refractivity contribution in [3.8, 4) is 0 Å². The fraction of sp³-hybridized carbons (Fsp3) is 0.917. The van der Waals surface area contributed by atoms with Gasteiger partial charge in [0.15, 0.2) is 0 Å². The van der Waals surface area contributed by atoms with Gasteiger partial charge in [0.05, 0.1) is 18.1 Å². The third-order valence-electron chi connectivity index (χ3n) is 3.64. The van der Waals surface area contributed by atoms with E-state index in [0.717, 1.165) is 0 Å². The second-order valence-corrected chi connectivity index (χ2v) is 5.10. The Bertz CT molecular complexity index is 250. The molecule has 0 saturated carbocycles. The molecule has 0 radical (unpaired) electrons. The second-order valence-electron chi connectivity index (χ2n) is 5.10. The molecule has 0 aliphatic carbocycles. The summed E-state index contributed by atoms with van der Waals surface area (Å²) < 4.78 is 5.27. The molecular weight excluding hydrogens is 220 g/mol. The van der Waals surface area contributed by atoms with Crippen LogP contribution in [0.4, 0.5) is 0 Å². The third kappa shape index (κ3) is 3.40. The average Bonchev–Trinajstić information content (AvgIpc) is 2.35. The fourth-order valence-corrected chi connectivity index (χ4v) is 2.03. The van der Waals surface area contributed by atoms with Gasteiger partial charge in [-0.05, 0) is 18.8 Å². The molecule has 1 atom stereocenters. The van der Waals surface area contributed by atoms with Crippen LogP contribution in [0.5, 0.6) is 0 Å². The Labute approximate surface area is 103 Å². The van der Waals surface area contributed by atoms with E-state index in [9.17, 15) is 9.90 Å². The number of ether oxygens (including phenoxy) is 1. The van der Waals surface area contributed by atoms with E-state index in [1.807, 2.05) is 13.8 Å². The van der Waals surface area contributed by atoms with Gasteiger partial charge in [-0.1, -0.05) is 13.8 Å².